The number of aromatic nitrogens is 4. The number of hydrogen-bond donors (Lipinski definition) is 0. The molecule has 0 radical (unpaired) electrons. The fraction of sp³-hybridized carbons (Fsp3) is 0.316. The zero-order valence-corrected chi connectivity index (χ0v) is 14.5. The van der Waals surface area contributed by atoms with Gasteiger partial charge in [-0.1, -0.05) is 30.3 Å². The van der Waals surface area contributed by atoms with E-state index in [1.807, 2.05) is 29.3 Å². The van der Waals surface area contributed by atoms with Crippen LogP contribution in [-0.4, -0.2) is 43.2 Å². The van der Waals surface area contributed by atoms with Crippen LogP contribution in [0, 0.1) is 12.8 Å². The van der Waals surface area contributed by atoms with E-state index in [9.17, 15) is 4.79 Å². The van der Waals surface area contributed by atoms with Crippen molar-refractivity contribution in [3.05, 3.63) is 60.2 Å². The molecule has 2 aromatic heterocycles. The molecule has 0 saturated carbocycles. The van der Waals surface area contributed by atoms with Gasteiger partial charge in [-0.25, -0.2) is 4.98 Å². The van der Waals surface area contributed by atoms with Crippen LogP contribution in [0.4, 0.5) is 0 Å². The molecular weight excluding hydrogens is 314 g/mol. The number of benzene rings is 1. The fourth-order valence-electron chi connectivity index (χ4n) is 3.36. The van der Waals surface area contributed by atoms with Gasteiger partial charge in [-0.05, 0) is 13.0 Å². The van der Waals surface area contributed by atoms with Gasteiger partial charge in [0.2, 0.25) is 0 Å². The first-order chi connectivity index (χ1) is 12.1. The van der Waals surface area contributed by atoms with Crippen LogP contribution in [0.5, 0.6) is 0 Å². The summed E-state index contributed by atoms with van der Waals surface area (Å²) in [5.74, 6) is 1.50. The summed E-state index contributed by atoms with van der Waals surface area (Å²) < 4.78 is 3.88. The molecule has 1 amide bonds. The quantitative estimate of drug-likeness (QED) is 0.735. The minimum atomic E-state index is 0.0573. The fourth-order valence-corrected chi connectivity index (χ4v) is 3.36. The molecule has 3 heterocycles. The van der Waals surface area contributed by atoms with Crippen LogP contribution < -0.4 is 0 Å². The Hall–Kier alpha value is -2.89. The second kappa shape index (κ2) is 6.20. The molecule has 1 aliphatic rings. The topological polar surface area (TPSA) is 56.0 Å². The molecule has 0 unspecified atom stereocenters. The summed E-state index contributed by atoms with van der Waals surface area (Å²) in [6, 6.07) is 12.0. The van der Waals surface area contributed by atoms with E-state index in [-0.39, 0.29) is 5.91 Å². The summed E-state index contributed by atoms with van der Waals surface area (Å²) in [5, 5.41) is 4.07. The first-order valence-corrected chi connectivity index (χ1v) is 8.48. The highest BCUT2D eigenvalue weighted by Gasteiger charge is 2.33. The summed E-state index contributed by atoms with van der Waals surface area (Å²) in [7, 11) is 1.80. The molecule has 1 aromatic carbocycles. The lowest BCUT2D eigenvalue weighted by Crippen LogP contribution is -2.51. The van der Waals surface area contributed by atoms with E-state index in [1.54, 1.807) is 24.0 Å². The number of rotatable bonds is 4. The minimum absolute atomic E-state index is 0.0573. The van der Waals surface area contributed by atoms with Crippen LogP contribution >= 0.6 is 0 Å². The molecule has 1 fully saturated rings. The van der Waals surface area contributed by atoms with E-state index in [1.165, 1.54) is 0 Å². The van der Waals surface area contributed by atoms with Gasteiger partial charge in [0.05, 0.1) is 0 Å². The Morgan fingerprint density at radius 1 is 1.20 bits per heavy atom. The number of likely N-dealkylation sites (tertiary alicyclic amines) is 1. The first kappa shape index (κ1) is 15.6. The summed E-state index contributed by atoms with van der Waals surface area (Å²) in [6.07, 6.45) is 3.57. The Kier molecular flexibility index (Phi) is 3.87. The summed E-state index contributed by atoms with van der Waals surface area (Å²) in [4.78, 5) is 18.9. The van der Waals surface area contributed by atoms with Crippen molar-refractivity contribution in [3.8, 4) is 11.4 Å². The van der Waals surface area contributed by atoms with E-state index in [0.29, 0.717) is 11.6 Å². The summed E-state index contributed by atoms with van der Waals surface area (Å²) >= 11 is 0. The number of carbonyl (C=O) groups excluding carboxylic acids is 1. The predicted octanol–water partition coefficient (Wildman–Crippen LogP) is 2.36. The lowest BCUT2D eigenvalue weighted by molar-refractivity contribution is 0.0457. The van der Waals surface area contributed by atoms with Crippen molar-refractivity contribution in [1.82, 2.24) is 24.2 Å². The van der Waals surface area contributed by atoms with Crippen molar-refractivity contribution in [2.24, 2.45) is 13.0 Å². The molecule has 0 atom stereocenters. The van der Waals surface area contributed by atoms with Crippen molar-refractivity contribution in [2.45, 2.75) is 13.5 Å². The number of nitrogens with zero attached hydrogens (tertiary/aromatic N) is 5. The van der Waals surface area contributed by atoms with E-state index in [0.717, 1.165) is 36.7 Å². The molecule has 0 N–H and O–H groups in total. The largest absolute Gasteiger partial charge is 0.336 e. The van der Waals surface area contributed by atoms with Gasteiger partial charge in [-0.2, -0.15) is 5.10 Å². The molecule has 128 valence electrons. The molecule has 0 spiro atoms. The Morgan fingerprint density at radius 3 is 2.64 bits per heavy atom. The Morgan fingerprint density at radius 2 is 1.96 bits per heavy atom. The maximum absolute atomic E-state index is 12.5. The van der Waals surface area contributed by atoms with Gasteiger partial charge >= 0.3 is 0 Å². The van der Waals surface area contributed by atoms with Gasteiger partial charge in [-0.3, -0.25) is 9.48 Å². The summed E-state index contributed by atoms with van der Waals surface area (Å²) in [5.41, 5.74) is 2.91. The van der Waals surface area contributed by atoms with Gasteiger partial charge in [0, 0.05) is 56.3 Å². The highest BCUT2D eigenvalue weighted by molar-refractivity contribution is 5.93. The molecule has 1 aliphatic heterocycles. The monoisotopic (exact) mass is 335 g/mol. The van der Waals surface area contributed by atoms with E-state index >= 15 is 0 Å². The number of amides is 1. The van der Waals surface area contributed by atoms with Crippen LogP contribution in [0.1, 0.15) is 16.2 Å². The lowest BCUT2D eigenvalue weighted by atomic mass is 9.99. The first-order valence-electron chi connectivity index (χ1n) is 8.48. The third-order valence-electron chi connectivity index (χ3n) is 4.81. The van der Waals surface area contributed by atoms with Crippen molar-refractivity contribution in [1.29, 1.82) is 0 Å². The number of aryl methyl sites for hydroxylation is 2. The molecule has 4 rings (SSSR count). The average molecular weight is 335 g/mol. The van der Waals surface area contributed by atoms with E-state index < -0.39 is 0 Å². The second-order valence-corrected chi connectivity index (χ2v) is 6.62. The normalized spacial score (nSPS) is 14.6. The van der Waals surface area contributed by atoms with E-state index in [4.69, 9.17) is 0 Å². The minimum Gasteiger partial charge on any atom is -0.336 e. The van der Waals surface area contributed by atoms with Crippen LogP contribution in [-0.2, 0) is 13.6 Å². The zero-order valence-electron chi connectivity index (χ0n) is 14.5. The Balaban J connectivity index is 1.45. The highest BCUT2D eigenvalue weighted by atomic mass is 16.2. The van der Waals surface area contributed by atoms with Gasteiger partial charge in [0.15, 0.2) is 0 Å². The molecule has 0 bridgehead atoms. The standard InChI is InChI=1S/C19H21N5O/c1-14-10-20-18(16-6-4-3-5-7-16)24(14)13-15-11-23(12-15)19(25)17-8-9-21-22(17)2/h3-10,15H,11-13H2,1-2H3. The van der Waals surface area contributed by atoms with Crippen molar-refractivity contribution in [3.63, 3.8) is 0 Å². The highest BCUT2D eigenvalue weighted by Crippen LogP contribution is 2.25. The van der Waals surface area contributed by atoms with Crippen LogP contribution in [0.15, 0.2) is 48.8 Å². The predicted molar refractivity (Wildman–Crippen MR) is 95.0 cm³/mol. The third-order valence-corrected chi connectivity index (χ3v) is 4.81. The molecule has 25 heavy (non-hydrogen) atoms. The van der Waals surface area contributed by atoms with Gasteiger partial charge < -0.3 is 9.47 Å². The van der Waals surface area contributed by atoms with Crippen LogP contribution in [0.2, 0.25) is 0 Å². The number of carbonyl (C=O) groups is 1. The zero-order chi connectivity index (χ0) is 17.4. The number of imidazole rings is 1. The van der Waals surface area contributed by atoms with E-state index in [2.05, 4.69) is 33.7 Å². The second-order valence-electron chi connectivity index (χ2n) is 6.62. The van der Waals surface area contributed by atoms with Gasteiger partial charge in [0.25, 0.3) is 5.91 Å². The molecule has 1 saturated heterocycles. The smallest absolute Gasteiger partial charge is 0.272 e. The maximum Gasteiger partial charge on any atom is 0.272 e. The number of hydrogen-bond acceptors (Lipinski definition) is 3. The molecule has 3 aromatic rings. The van der Waals surface area contributed by atoms with Crippen molar-refractivity contribution in [2.75, 3.05) is 13.1 Å². The summed E-state index contributed by atoms with van der Waals surface area (Å²) in [6.45, 7) is 4.51. The van der Waals surface area contributed by atoms with Crippen molar-refractivity contribution >= 4 is 5.91 Å². The third kappa shape index (κ3) is 2.84. The Labute approximate surface area is 146 Å². The SMILES string of the molecule is Cc1cnc(-c2ccccc2)n1CC1CN(C(=O)c2ccnn2C)C1. The van der Waals surface area contributed by atoms with Gasteiger partial charge in [-0.15, -0.1) is 0 Å². The molecule has 6 nitrogen and oxygen atoms in total. The average Bonchev–Trinajstić information content (AvgIpc) is 3.17. The van der Waals surface area contributed by atoms with Crippen molar-refractivity contribution < 1.29 is 4.79 Å². The van der Waals surface area contributed by atoms with Crippen LogP contribution in [0.25, 0.3) is 11.4 Å². The molecule has 0 aliphatic carbocycles. The Bertz CT molecular complexity index is 890. The van der Waals surface area contributed by atoms with Gasteiger partial charge in [0.1, 0.15) is 11.5 Å². The lowest BCUT2D eigenvalue weighted by Gasteiger charge is -2.39. The molecular formula is C19H21N5O. The maximum atomic E-state index is 12.5. The van der Waals surface area contributed by atoms with Crippen LogP contribution in [0.3, 0.4) is 0 Å². The molecule has 6 heteroatoms.